The maximum absolute atomic E-state index is 12.8. The second-order valence-corrected chi connectivity index (χ2v) is 6.55. The summed E-state index contributed by atoms with van der Waals surface area (Å²) < 4.78 is 12.1. The predicted octanol–water partition coefficient (Wildman–Crippen LogP) is 3.56. The van der Waals surface area contributed by atoms with Crippen LogP contribution in [0.1, 0.15) is 30.1 Å². The quantitative estimate of drug-likeness (QED) is 0.650. The normalized spacial score (nSPS) is 12.8. The van der Waals surface area contributed by atoms with Gasteiger partial charge in [-0.2, -0.15) is 5.10 Å². The standard InChI is InChI=1S/C22H25N3O3/c1-16(25-14-4-13-23-25)22(26)24-21(18-7-11-20(28-3)12-8-18)15-17-5-9-19(27-2)10-6-17/h4-14,16,21H,15H2,1-3H3,(H,24,26). The van der Waals surface area contributed by atoms with Gasteiger partial charge in [-0.1, -0.05) is 24.3 Å². The Hall–Kier alpha value is -3.28. The van der Waals surface area contributed by atoms with E-state index < -0.39 is 6.04 Å². The van der Waals surface area contributed by atoms with Gasteiger partial charge in [0.1, 0.15) is 17.5 Å². The third-order valence-electron chi connectivity index (χ3n) is 4.73. The first-order chi connectivity index (χ1) is 13.6. The minimum atomic E-state index is -0.397. The van der Waals surface area contributed by atoms with Crippen LogP contribution in [0.25, 0.3) is 0 Å². The largest absolute Gasteiger partial charge is 0.497 e. The fourth-order valence-corrected chi connectivity index (χ4v) is 3.01. The topological polar surface area (TPSA) is 65.4 Å². The zero-order valence-corrected chi connectivity index (χ0v) is 16.3. The number of benzene rings is 2. The molecule has 1 N–H and O–H groups in total. The molecule has 1 amide bonds. The van der Waals surface area contributed by atoms with Crippen molar-refractivity contribution in [3.05, 3.63) is 78.1 Å². The number of aromatic nitrogens is 2. The van der Waals surface area contributed by atoms with Gasteiger partial charge in [-0.25, -0.2) is 0 Å². The van der Waals surface area contributed by atoms with Crippen molar-refractivity contribution in [1.82, 2.24) is 15.1 Å². The molecule has 28 heavy (non-hydrogen) atoms. The lowest BCUT2D eigenvalue weighted by Crippen LogP contribution is -2.35. The molecule has 1 aromatic heterocycles. The SMILES string of the molecule is COc1ccc(CC(NC(=O)C(C)n2cccn2)c2ccc(OC)cc2)cc1. The molecule has 1 heterocycles. The van der Waals surface area contributed by atoms with Gasteiger partial charge in [0.25, 0.3) is 0 Å². The van der Waals surface area contributed by atoms with Gasteiger partial charge in [-0.3, -0.25) is 9.48 Å². The third kappa shape index (κ3) is 4.71. The van der Waals surface area contributed by atoms with Crippen LogP contribution in [0, 0.1) is 0 Å². The first-order valence-electron chi connectivity index (χ1n) is 9.17. The maximum Gasteiger partial charge on any atom is 0.245 e. The lowest BCUT2D eigenvalue weighted by atomic mass is 9.98. The minimum Gasteiger partial charge on any atom is -0.497 e. The summed E-state index contributed by atoms with van der Waals surface area (Å²) in [6.07, 6.45) is 4.12. The van der Waals surface area contributed by atoms with E-state index >= 15 is 0 Å². The zero-order chi connectivity index (χ0) is 19.9. The molecule has 0 fully saturated rings. The van der Waals surface area contributed by atoms with Crippen LogP contribution >= 0.6 is 0 Å². The van der Waals surface area contributed by atoms with Crippen LogP contribution in [-0.4, -0.2) is 29.9 Å². The van der Waals surface area contributed by atoms with E-state index in [2.05, 4.69) is 10.4 Å². The average molecular weight is 379 g/mol. The molecular formula is C22H25N3O3. The molecule has 0 saturated heterocycles. The Labute approximate surface area is 165 Å². The van der Waals surface area contributed by atoms with E-state index in [-0.39, 0.29) is 11.9 Å². The highest BCUT2D eigenvalue weighted by molar-refractivity contribution is 5.80. The predicted molar refractivity (Wildman–Crippen MR) is 108 cm³/mol. The number of carbonyl (C=O) groups is 1. The van der Waals surface area contributed by atoms with Crippen LogP contribution in [-0.2, 0) is 11.2 Å². The minimum absolute atomic E-state index is 0.0852. The van der Waals surface area contributed by atoms with Gasteiger partial charge in [0.15, 0.2) is 0 Å². The number of nitrogens with one attached hydrogen (secondary N) is 1. The molecule has 2 aromatic carbocycles. The Kier molecular flexibility index (Phi) is 6.32. The number of nitrogens with zero attached hydrogens (tertiary/aromatic N) is 2. The van der Waals surface area contributed by atoms with Crippen molar-refractivity contribution < 1.29 is 14.3 Å². The zero-order valence-electron chi connectivity index (χ0n) is 16.3. The second kappa shape index (κ2) is 9.08. The summed E-state index contributed by atoms with van der Waals surface area (Å²) in [5.41, 5.74) is 2.12. The average Bonchev–Trinajstić information content (AvgIpc) is 3.28. The van der Waals surface area contributed by atoms with Crippen molar-refractivity contribution in [3.63, 3.8) is 0 Å². The molecule has 0 bridgehead atoms. The van der Waals surface area contributed by atoms with E-state index in [0.717, 1.165) is 22.6 Å². The van der Waals surface area contributed by atoms with Crippen LogP contribution in [0.3, 0.4) is 0 Å². The Morgan fingerprint density at radius 2 is 1.64 bits per heavy atom. The molecule has 3 rings (SSSR count). The summed E-state index contributed by atoms with van der Waals surface area (Å²) in [5, 5.41) is 7.33. The molecular weight excluding hydrogens is 354 g/mol. The second-order valence-electron chi connectivity index (χ2n) is 6.55. The van der Waals surface area contributed by atoms with Gasteiger partial charge in [0, 0.05) is 12.4 Å². The van der Waals surface area contributed by atoms with Gasteiger partial charge in [0.05, 0.1) is 20.3 Å². The van der Waals surface area contributed by atoms with Crippen molar-refractivity contribution in [3.8, 4) is 11.5 Å². The molecule has 6 heteroatoms. The molecule has 2 atom stereocenters. The molecule has 2 unspecified atom stereocenters. The molecule has 3 aromatic rings. The summed E-state index contributed by atoms with van der Waals surface area (Å²) in [5.74, 6) is 1.50. The van der Waals surface area contributed by atoms with Crippen LogP contribution in [0.5, 0.6) is 11.5 Å². The number of hydrogen-bond donors (Lipinski definition) is 1. The van der Waals surface area contributed by atoms with E-state index in [0.29, 0.717) is 6.42 Å². The molecule has 0 radical (unpaired) electrons. The lowest BCUT2D eigenvalue weighted by molar-refractivity contribution is -0.124. The molecule has 6 nitrogen and oxygen atoms in total. The molecule has 0 aliphatic carbocycles. The summed E-state index contributed by atoms with van der Waals surface area (Å²) in [4.78, 5) is 12.8. The van der Waals surface area contributed by atoms with Gasteiger partial charge in [-0.15, -0.1) is 0 Å². The molecule has 0 saturated carbocycles. The van der Waals surface area contributed by atoms with Crippen LogP contribution in [0.2, 0.25) is 0 Å². The summed E-state index contributed by atoms with van der Waals surface area (Å²) >= 11 is 0. The van der Waals surface area contributed by atoms with Gasteiger partial charge < -0.3 is 14.8 Å². The van der Waals surface area contributed by atoms with E-state index in [9.17, 15) is 4.79 Å². The van der Waals surface area contributed by atoms with Crippen LogP contribution in [0.4, 0.5) is 0 Å². The van der Waals surface area contributed by atoms with E-state index in [1.54, 1.807) is 31.3 Å². The van der Waals surface area contributed by atoms with Crippen molar-refractivity contribution >= 4 is 5.91 Å². The number of amides is 1. The van der Waals surface area contributed by atoms with Gasteiger partial charge >= 0.3 is 0 Å². The van der Waals surface area contributed by atoms with Gasteiger partial charge in [0.2, 0.25) is 5.91 Å². The van der Waals surface area contributed by atoms with Crippen molar-refractivity contribution in [2.45, 2.75) is 25.4 Å². The molecule has 0 aliphatic heterocycles. The number of ether oxygens (including phenoxy) is 2. The molecule has 0 spiro atoms. The first kappa shape index (κ1) is 19.5. The highest BCUT2D eigenvalue weighted by Gasteiger charge is 2.21. The number of carbonyl (C=O) groups excluding carboxylic acids is 1. The Morgan fingerprint density at radius 3 is 2.18 bits per heavy atom. The number of rotatable bonds is 8. The lowest BCUT2D eigenvalue weighted by Gasteiger charge is -2.22. The highest BCUT2D eigenvalue weighted by atomic mass is 16.5. The third-order valence-corrected chi connectivity index (χ3v) is 4.73. The van der Waals surface area contributed by atoms with Crippen molar-refractivity contribution in [2.24, 2.45) is 0 Å². The monoisotopic (exact) mass is 379 g/mol. The van der Waals surface area contributed by atoms with Gasteiger partial charge in [-0.05, 0) is 54.8 Å². The molecule has 0 aliphatic rings. The van der Waals surface area contributed by atoms with Crippen molar-refractivity contribution in [2.75, 3.05) is 14.2 Å². The fraction of sp³-hybridized carbons (Fsp3) is 0.273. The Morgan fingerprint density at radius 1 is 1.04 bits per heavy atom. The highest BCUT2D eigenvalue weighted by Crippen LogP contribution is 2.23. The van der Waals surface area contributed by atoms with Crippen LogP contribution < -0.4 is 14.8 Å². The summed E-state index contributed by atoms with van der Waals surface area (Å²) in [6, 6.07) is 16.9. The Balaban J connectivity index is 1.81. The van der Waals surface area contributed by atoms with E-state index in [4.69, 9.17) is 9.47 Å². The Bertz CT molecular complexity index is 874. The summed E-state index contributed by atoms with van der Waals surface area (Å²) in [6.45, 7) is 1.83. The summed E-state index contributed by atoms with van der Waals surface area (Å²) in [7, 11) is 3.28. The van der Waals surface area contributed by atoms with E-state index in [1.165, 1.54) is 0 Å². The number of methoxy groups -OCH3 is 2. The number of hydrogen-bond acceptors (Lipinski definition) is 4. The van der Waals surface area contributed by atoms with E-state index in [1.807, 2.05) is 61.5 Å². The maximum atomic E-state index is 12.8. The fourth-order valence-electron chi connectivity index (χ4n) is 3.01. The molecule has 146 valence electrons. The van der Waals surface area contributed by atoms with Crippen molar-refractivity contribution in [1.29, 1.82) is 0 Å². The van der Waals surface area contributed by atoms with Crippen LogP contribution in [0.15, 0.2) is 67.0 Å². The smallest absolute Gasteiger partial charge is 0.245 e. The first-order valence-corrected chi connectivity index (χ1v) is 9.17.